The van der Waals surface area contributed by atoms with Crippen molar-refractivity contribution < 1.29 is 9.59 Å². The van der Waals surface area contributed by atoms with Crippen molar-refractivity contribution in [3.05, 3.63) is 138 Å². The highest BCUT2D eigenvalue weighted by Crippen LogP contribution is 2.41. The molecule has 6 rings (SSSR count). The number of hydrogen-bond donors (Lipinski definition) is 0. The third-order valence-electron chi connectivity index (χ3n) is 8.21. The molecule has 1 atom stereocenters. The van der Waals surface area contributed by atoms with Crippen LogP contribution in [0.2, 0.25) is 0 Å². The summed E-state index contributed by atoms with van der Waals surface area (Å²) in [5.74, 6) is -0.203. The molecule has 3 amide bonds. The van der Waals surface area contributed by atoms with E-state index in [1.165, 1.54) is 4.90 Å². The number of fused-ring (bicyclic) bond motifs is 1. The van der Waals surface area contributed by atoms with Crippen LogP contribution < -0.4 is 0 Å². The Hall–Kier alpha value is -5.22. The van der Waals surface area contributed by atoms with Crippen molar-refractivity contribution in [1.82, 2.24) is 19.4 Å². The first-order chi connectivity index (χ1) is 20.5. The van der Waals surface area contributed by atoms with Crippen molar-refractivity contribution in [2.45, 2.75) is 38.4 Å². The van der Waals surface area contributed by atoms with Gasteiger partial charge in [-0.25, -0.2) is 9.78 Å². The molecule has 0 radical (unpaired) electrons. The molecule has 0 saturated carbocycles. The standard InChI is InChI=1S/C35H31N5O2/c1-35(32-15-7-12-29-11-5-6-14-31(29)32)33(41)39(34(42)40(35)24-27-9-3-2-4-10-27)20-8-13-30-22-37-25-38(30)23-28-18-16-26(21-36)17-19-28/h2-7,9-12,14-19,22,25H,8,13,20,23-24H2,1H3. The molecule has 1 saturated heterocycles. The van der Waals surface area contributed by atoms with Crippen LogP contribution in [0.5, 0.6) is 0 Å². The van der Waals surface area contributed by atoms with Crippen LogP contribution >= 0.6 is 0 Å². The lowest BCUT2D eigenvalue weighted by Gasteiger charge is -2.33. The molecule has 1 aromatic heterocycles. The van der Waals surface area contributed by atoms with Crippen LogP contribution in [0.3, 0.4) is 0 Å². The first-order valence-corrected chi connectivity index (χ1v) is 14.1. The predicted octanol–water partition coefficient (Wildman–Crippen LogP) is 6.27. The number of nitriles is 1. The minimum absolute atomic E-state index is 0.203. The lowest BCUT2D eigenvalue weighted by molar-refractivity contribution is -0.133. The van der Waals surface area contributed by atoms with Crippen LogP contribution in [-0.4, -0.2) is 37.8 Å². The summed E-state index contributed by atoms with van der Waals surface area (Å²) in [7, 11) is 0. The normalized spacial score (nSPS) is 16.8. The van der Waals surface area contributed by atoms with E-state index in [0.29, 0.717) is 38.0 Å². The van der Waals surface area contributed by atoms with E-state index in [1.807, 2.05) is 110 Å². The van der Waals surface area contributed by atoms with Crippen LogP contribution in [0, 0.1) is 11.3 Å². The summed E-state index contributed by atoms with van der Waals surface area (Å²) in [6, 6.07) is 33.2. The fourth-order valence-electron chi connectivity index (χ4n) is 5.90. The Bertz CT molecular complexity index is 1780. The van der Waals surface area contributed by atoms with E-state index >= 15 is 0 Å². The molecule has 1 aliphatic rings. The molecule has 1 aliphatic heterocycles. The van der Waals surface area contributed by atoms with Gasteiger partial charge in [0, 0.05) is 31.5 Å². The van der Waals surface area contributed by atoms with Crippen LogP contribution in [-0.2, 0) is 29.8 Å². The van der Waals surface area contributed by atoms with E-state index < -0.39 is 5.54 Å². The average molecular weight is 554 g/mol. The number of carbonyl (C=O) groups excluding carboxylic acids is 2. The summed E-state index contributed by atoms with van der Waals surface area (Å²) >= 11 is 0. The van der Waals surface area contributed by atoms with E-state index in [2.05, 4.69) is 15.6 Å². The Balaban J connectivity index is 1.25. The topological polar surface area (TPSA) is 82.2 Å². The summed E-state index contributed by atoms with van der Waals surface area (Å²) in [4.78, 5) is 35.7. The minimum Gasteiger partial charge on any atom is -0.330 e. The lowest BCUT2D eigenvalue weighted by Crippen LogP contribution is -2.44. The van der Waals surface area contributed by atoms with Crippen molar-refractivity contribution in [2.75, 3.05) is 6.54 Å². The smallest absolute Gasteiger partial charge is 0.328 e. The number of amides is 3. The summed E-state index contributed by atoms with van der Waals surface area (Å²) in [5.41, 5.74) is 3.38. The van der Waals surface area contributed by atoms with Crippen LogP contribution in [0.4, 0.5) is 4.79 Å². The Labute approximate surface area is 245 Å². The SMILES string of the molecule is CC1(c2cccc3ccccc23)C(=O)N(CCCc2cncn2Cc2ccc(C#N)cc2)C(=O)N1Cc1ccccc1. The van der Waals surface area contributed by atoms with Gasteiger partial charge in [0.05, 0.1) is 18.0 Å². The summed E-state index contributed by atoms with van der Waals surface area (Å²) in [5, 5.41) is 11.1. The highest BCUT2D eigenvalue weighted by Gasteiger charge is 2.55. The van der Waals surface area contributed by atoms with E-state index in [9.17, 15) is 9.59 Å². The van der Waals surface area contributed by atoms with Gasteiger partial charge < -0.3 is 9.47 Å². The van der Waals surface area contributed by atoms with Crippen molar-refractivity contribution >= 4 is 22.7 Å². The van der Waals surface area contributed by atoms with E-state index in [-0.39, 0.29) is 11.9 Å². The van der Waals surface area contributed by atoms with Gasteiger partial charge in [-0.2, -0.15) is 5.26 Å². The van der Waals surface area contributed by atoms with E-state index in [1.54, 1.807) is 11.2 Å². The van der Waals surface area contributed by atoms with Crippen LogP contribution in [0.25, 0.3) is 10.8 Å². The monoisotopic (exact) mass is 553 g/mol. The van der Waals surface area contributed by atoms with Gasteiger partial charge in [-0.1, -0.05) is 84.9 Å². The highest BCUT2D eigenvalue weighted by atomic mass is 16.2. The number of carbonyl (C=O) groups is 2. The molecule has 2 heterocycles. The molecule has 7 heteroatoms. The van der Waals surface area contributed by atoms with Crippen molar-refractivity contribution in [1.29, 1.82) is 5.26 Å². The number of nitrogens with zero attached hydrogens (tertiary/aromatic N) is 5. The van der Waals surface area contributed by atoms with Gasteiger partial charge in [-0.3, -0.25) is 9.69 Å². The largest absolute Gasteiger partial charge is 0.330 e. The average Bonchev–Trinajstić information content (AvgIpc) is 3.54. The van der Waals surface area contributed by atoms with Crippen molar-refractivity contribution in [2.24, 2.45) is 0 Å². The number of imide groups is 1. The molecule has 42 heavy (non-hydrogen) atoms. The van der Waals surface area contributed by atoms with E-state index in [0.717, 1.165) is 33.2 Å². The third-order valence-corrected chi connectivity index (χ3v) is 8.21. The maximum absolute atomic E-state index is 14.3. The van der Waals surface area contributed by atoms with Crippen molar-refractivity contribution in [3.8, 4) is 6.07 Å². The van der Waals surface area contributed by atoms with Gasteiger partial charge in [-0.05, 0) is 59.4 Å². The molecular weight excluding hydrogens is 522 g/mol. The summed E-state index contributed by atoms with van der Waals surface area (Å²) in [6.07, 6.45) is 4.90. The van der Waals surface area contributed by atoms with Crippen molar-refractivity contribution in [3.63, 3.8) is 0 Å². The second-order valence-electron chi connectivity index (χ2n) is 10.8. The number of benzene rings is 4. The van der Waals surface area contributed by atoms with Crippen LogP contribution in [0.1, 0.15) is 41.3 Å². The van der Waals surface area contributed by atoms with Gasteiger partial charge in [0.25, 0.3) is 5.91 Å². The number of rotatable bonds is 9. The number of aryl methyl sites for hydroxylation is 1. The summed E-state index contributed by atoms with van der Waals surface area (Å²) in [6.45, 7) is 3.15. The fourth-order valence-corrected chi connectivity index (χ4v) is 5.90. The van der Waals surface area contributed by atoms with E-state index in [4.69, 9.17) is 5.26 Å². The second kappa shape index (κ2) is 11.3. The molecular formula is C35H31N5O2. The maximum atomic E-state index is 14.3. The Kier molecular flexibility index (Phi) is 7.28. The zero-order valence-corrected chi connectivity index (χ0v) is 23.5. The van der Waals surface area contributed by atoms with Gasteiger partial charge >= 0.3 is 6.03 Å². The Morgan fingerprint density at radius 2 is 1.55 bits per heavy atom. The Morgan fingerprint density at radius 1 is 0.833 bits per heavy atom. The second-order valence-corrected chi connectivity index (χ2v) is 10.8. The molecule has 5 aromatic rings. The number of hydrogen-bond acceptors (Lipinski definition) is 4. The molecule has 0 bridgehead atoms. The van der Waals surface area contributed by atoms with Gasteiger partial charge in [0.15, 0.2) is 0 Å². The van der Waals surface area contributed by atoms with Gasteiger partial charge in [0.1, 0.15) is 5.54 Å². The molecule has 1 unspecified atom stereocenters. The highest BCUT2D eigenvalue weighted by molar-refractivity contribution is 6.09. The maximum Gasteiger partial charge on any atom is 0.328 e. The number of urea groups is 1. The molecule has 1 fully saturated rings. The Morgan fingerprint density at radius 3 is 2.33 bits per heavy atom. The lowest BCUT2D eigenvalue weighted by atomic mass is 9.86. The first kappa shape index (κ1) is 27.0. The number of aromatic nitrogens is 2. The van der Waals surface area contributed by atoms with Crippen LogP contribution in [0.15, 0.2) is 110 Å². The molecule has 208 valence electrons. The first-order valence-electron chi connectivity index (χ1n) is 14.1. The third kappa shape index (κ3) is 4.92. The molecule has 4 aromatic carbocycles. The molecule has 0 N–H and O–H groups in total. The zero-order valence-electron chi connectivity index (χ0n) is 23.5. The fraction of sp³-hybridized carbons (Fsp3) is 0.200. The minimum atomic E-state index is -1.15. The number of imidazole rings is 1. The quantitative estimate of drug-likeness (QED) is 0.202. The van der Waals surface area contributed by atoms with Gasteiger partial charge in [-0.15, -0.1) is 0 Å². The molecule has 7 nitrogen and oxygen atoms in total. The zero-order chi connectivity index (χ0) is 29.1. The predicted molar refractivity (Wildman–Crippen MR) is 161 cm³/mol. The van der Waals surface area contributed by atoms with Gasteiger partial charge in [0.2, 0.25) is 0 Å². The molecule has 0 aliphatic carbocycles. The summed E-state index contributed by atoms with van der Waals surface area (Å²) < 4.78 is 2.07. The molecule has 0 spiro atoms.